The molecule has 10 nitrogen and oxygen atoms in total. The van der Waals surface area contributed by atoms with Crippen molar-refractivity contribution in [1.29, 1.82) is 0 Å². The molecular weight excluding hydrogens is 534 g/mol. The van der Waals surface area contributed by atoms with Crippen molar-refractivity contribution in [3.63, 3.8) is 0 Å². The fourth-order valence-electron chi connectivity index (χ4n) is 4.82. The molecule has 0 unspecified atom stereocenters. The van der Waals surface area contributed by atoms with Gasteiger partial charge in [0.1, 0.15) is 0 Å². The highest BCUT2D eigenvalue weighted by Gasteiger charge is 2.33. The lowest BCUT2D eigenvalue weighted by molar-refractivity contribution is -0.384. The molecule has 0 aliphatic carbocycles. The number of benzene rings is 3. The maximum atomic E-state index is 13.9. The molecule has 1 aliphatic rings. The molecule has 1 N–H and O–H groups in total. The number of hydrogen-bond acceptors (Lipinski definition) is 7. The number of aliphatic hydroxyl groups excluding tert-OH is 1. The van der Waals surface area contributed by atoms with Gasteiger partial charge in [-0.3, -0.25) is 14.9 Å². The van der Waals surface area contributed by atoms with Crippen LogP contribution >= 0.6 is 0 Å². The number of amides is 1. The van der Waals surface area contributed by atoms with Crippen LogP contribution in [-0.4, -0.2) is 72.4 Å². The van der Waals surface area contributed by atoms with Crippen molar-refractivity contribution >= 4 is 21.6 Å². The van der Waals surface area contributed by atoms with E-state index in [1.54, 1.807) is 17.9 Å². The highest BCUT2D eigenvalue weighted by Crippen LogP contribution is 2.31. The van der Waals surface area contributed by atoms with Gasteiger partial charge in [0, 0.05) is 43.8 Å². The van der Waals surface area contributed by atoms with E-state index in [2.05, 4.69) is 0 Å². The Bertz CT molecular complexity index is 1480. The summed E-state index contributed by atoms with van der Waals surface area (Å²) in [6, 6.07) is 19.2. The number of likely N-dealkylation sites (N-methyl/N-ethyl adjacent to an activating group) is 1. The molecule has 0 saturated heterocycles. The number of non-ortho nitro benzene ring substituents is 1. The van der Waals surface area contributed by atoms with Gasteiger partial charge in [-0.25, -0.2) is 8.42 Å². The van der Waals surface area contributed by atoms with Crippen LogP contribution < -0.4 is 0 Å². The van der Waals surface area contributed by atoms with Crippen LogP contribution in [0.2, 0.25) is 0 Å². The molecule has 3 aromatic carbocycles. The summed E-state index contributed by atoms with van der Waals surface area (Å²) in [5.41, 5.74) is 2.75. The minimum atomic E-state index is -3.99. The Morgan fingerprint density at radius 3 is 2.27 bits per heavy atom. The Morgan fingerprint density at radius 2 is 1.65 bits per heavy atom. The van der Waals surface area contributed by atoms with Crippen LogP contribution in [0.1, 0.15) is 29.8 Å². The standard InChI is InChI=1S/C29H33N3O7S/c1-20-16-31(21(2)18-33)29(34)27-11-7-6-10-26(27)25-9-5-4-8-22(25)19-39-28(20)17-30(3)40(37,38)24-14-12-23(13-15-24)32(35)36/h4-15,20-21,28,33H,16-19H2,1-3H3/t20-,21-,28-/m1/s1. The SMILES string of the molecule is C[C@@H]1CN([C@H](C)CO)C(=O)c2ccccc2-c2ccccc2CO[C@@H]1CN(C)S(=O)(=O)c1ccc([N+](=O)[O-])cc1. The second kappa shape index (κ2) is 12.3. The number of nitro benzene ring substituents is 1. The molecular formula is C29H33N3O7S. The molecule has 0 bridgehead atoms. The largest absolute Gasteiger partial charge is 0.394 e. The summed E-state index contributed by atoms with van der Waals surface area (Å²) in [5.74, 6) is -0.545. The zero-order valence-corrected chi connectivity index (χ0v) is 23.5. The Balaban J connectivity index is 1.70. The third kappa shape index (κ3) is 6.07. The first-order valence-corrected chi connectivity index (χ1v) is 14.4. The summed E-state index contributed by atoms with van der Waals surface area (Å²) in [6.07, 6.45) is -0.617. The zero-order valence-electron chi connectivity index (χ0n) is 22.6. The first kappa shape index (κ1) is 29.3. The second-order valence-corrected chi connectivity index (χ2v) is 12.1. The highest BCUT2D eigenvalue weighted by molar-refractivity contribution is 7.89. The molecule has 3 aromatic rings. The van der Waals surface area contributed by atoms with Crippen molar-refractivity contribution in [2.45, 2.75) is 37.5 Å². The van der Waals surface area contributed by atoms with E-state index in [1.165, 1.54) is 19.2 Å². The summed E-state index contributed by atoms with van der Waals surface area (Å²) < 4.78 is 34.2. The maximum Gasteiger partial charge on any atom is 0.269 e. The Hall–Kier alpha value is -3.64. The number of nitro groups is 1. The van der Waals surface area contributed by atoms with Crippen LogP contribution in [0, 0.1) is 16.0 Å². The lowest BCUT2D eigenvalue weighted by atomic mass is 9.94. The summed E-state index contributed by atoms with van der Waals surface area (Å²) >= 11 is 0. The van der Waals surface area contributed by atoms with Crippen LogP contribution in [0.5, 0.6) is 0 Å². The molecule has 0 aromatic heterocycles. The van der Waals surface area contributed by atoms with E-state index >= 15 is 0 Å². The summed E-state index contributed by atoms with van der Waals surface area (Å²) in [7, 11) is -2.56. The van der Waals surface area contributed by atoms with Crippen LogP contribution in [0.25, 0.3) is 11.1 Å². The molecule has 4 rings (SSSR count). The van der Waals surface area contributed by atoms with E-state index in [9.17, 15) is 28.4 Å². The number of nitrogens with zero attached hydrogens (tertiary/aromatic N) is 3. The van der Waals surface area contributed by atoms with Crippen molar-refractivity contribution in [2.24, 2.45) is 5.92 Å². The normalized spacial score (nSPS) is 18.9. The van der Waals surface area contributed by atoms with Gasteiger partial charge in [-0.15, -0.1) is 0 Å². The van der Waals surface area contributed by atoms with Gasteiger partial charge in [-0.1, -0.05) is 49.4 Å². The molecule has 0 saturated carbocycles. The lowest BCUT2D eigenvalue weighted by Gasteiger charge is -2.35. The first-order valence-electron chi connectivity index (χ1n) is 13.0. The predicted molar refractivity (Wildman–Crippen MR) is 150 cm³/mol. The number of aliphatic hydroxyl groups is 1. The molecule has 0 fully saturated rings. The third-order valence-electron chi connectivity index (χ3n) is 7.29. The van der Waals surface area contributed by atoms with Crippen LogP contribution in [0.15, 0.2) is 77.7 Å². The lowest BCUT2D eigenvalue weighted by Crippen LogP contribution is -2.47. The smallest absolute Gasteiger partial charge is 0.269 e. The van der Waals surface area contributed by atoms with Gasteiger partial charge in [-0.2, -0.15) is 4.31 Å². The summed E-state index contributed by atoms with van der Waals surface area (Å²) in [4.78, 5) is 25.8. The quantitative estimate of drug-likeness (QED) is 0.338. The molecule has 212 valence electrons. The van der Waals surface area contributed by atoms with Gasteiger partial charge in [-0.05, 0) is 41.8 Å². The van der Waals surface area contributed by atoms with Crippen molar-refractivity contribution in [2.75, 3.05) is 26.7 Å². The number of carbonyl (C=O) groups excluding carboxylic acids is 1. The third-order valence-corrected chi connectivity index (χ3v) is 9.12. The Kier molecular flexibility index (Phi) is 8.99. The maximum absolute atomic E-state index is 13.9. The number of fused-ring (bicyclic) bond motifs is 3. The molecule has 0 spiro atoms. The Labute approximate surface area is 234 Å². The average molecular weight is 568 g/mol. The van der Waals surface area contributed by atoms with Gasteiger partial charge in [0.25, 0.3) is 11.6 Å². The number of carbonyl (C=O) groups is 1. The molecule has 1 amide bonds. The van der Waals surface area contributed by atoms with Crippen LogP contribution in [-0.2, 0) is 21.4 Å². The van der Waals surface area contributed by atoms with E-state index in [1.807, 2.05) is 49.4 Å². The monoisotopic (exact) mass is 567 g/mol. The molecule has 1 heterocycles. The fourth-order valence-corrected chi connectivity index (χ4v) is 6.01. The number of ether oxygens (including phenoxy) is 1. The highest BCUT2D eigenvalue weighted by atomic mass is 32.2. The van der Waals surface area contributed by atoms with E-state index in [0.717, 1.165) is 33.1 Å². The number of rotatable bonds is 7. The van der Waals surface area contributed by atoms with Gasteiger partial charge < -0.3 is 14.7 Å². The van der Waals surface area contributed by atoms with E-state index in [4.69, 9.17) is 4.74 Å². The van der Waals surface area contributed by atoms with Gasteiger partial charge in [0.15, 0.2) is 0 Å². The van der Waals surface area contributed by atoms with E-state index < -0.39 is 27.1 Å². The van der Waals surface area contributed by atoms with Crippen LogP contribution in [0.3, 0.4) is 0 Å². The Morgan fingerprint density at radius 1 is 1.05 bits per heavy atom. The minimum Gasteiger partial charge on any atom is -0.394 e. The van der Waals surface area contributed by atoms with Crippen molar-refractivity contribution in [3.8, 4) is 11.1 Å². The van der Waals surface area contributed by atoms with Gasteiger partial charge in [0.05, 0.1) is 35.2 Å². The van der Waals surface area contributed by atoms with Crippen LogP contribution in [0.4, 0.5) is 5.69 Å². The minimum absolute atomic E-state index is 0.0227. The van der Waals surface area contributed by atoms with Gasteiger partial charge in [0.2, 0.25) is 10.0 Å². The molecule has 11 heteroatoms. The molecule has 1 aliphatic heterocycles. The first-order chi connectivity index (χ1) is 19.0. The molecule has 0 radical (unpaired) electrons. The summed E-state index contributed by atoms with van der Waals surface area (Å²) in [5, 5.41) is 21.0. The van der Waals surface area contributed by atoms with E-state index in [0.29, 0.717) is 5.56 Å². The van der Waals surface area contributed by atoms with Crippen molar-refractivity contribution < 1.29 is 28.0 Å². The topological polar surface area (TPSA) is 130 Å². The number of sulfonamides is 1. The van der Waals surface area contributed by atoms with Crippen molar-refractivity contribution in [3.05, 3.63) is 94.0 Å². The van der Waals surface area contributed by atoms with Crippen molar-refractivity contribution in [1.82, 2.24) is 9.21 Å². The van der Waals surface area contributed by atoms with E-state index in [-0.39, 0.29) is 48.7 Å². The number of hydrogen-bond donors (Lipinski definition) is 1. The summed E-state index contributed by atoms with van der Waals surface area (Å²) in [6.45, 7) is 3.80. The van der Waals surface area contributed by atoms with Gasteiger partial charge >= 0.3 is 0 Å². The average Bonchev–Trinajstić information content (AvgIpc) is 2.98. The fraction of sp³-hybridized carbons (Fsp3) is 0.345. The molecule has 3 atom stereocenters. The molecule has 40 heavy (non-hydrogen) atoms. The second-order valence-electron chi connectivity index (χ2n) is 10.1. The predicted octanol–water partition coefficient (Wildman–Crippen LogP) is 3.94. The zero-order chi connectivity index (χ0) is 29.0.